The Bertz CT molecular complexity index is 509. The Morgan fingerprint density at radius 3 is 3.00 bits per heavy atom. The molecule has 2 N–H and O–H groups in total. The number of aromatic nitrogens is 1. The van der Waals surface area contributed by atoms with E-state index in [1.165, 1.54) is 16.8 Å². The third kappa shape index (κ3) is 2.60. The second-order valence-electron chi connectivity index (χ2n) is 2.89. The molecule has 84 valence electrons. The van der Waals surface area contributed by atoms with Crippen LogP contribution in [0, 0.1) is 0 Å². The third-order valence-electron chi connectivity index (χ3n) is 1.82. The van der Waals surface area contributed by atoms with E-state index in [0.29, 0.717) is 11.5 Å². The predicted octanol–water partition coefficient (Wildman–Crippen LogP) is 3.28. The van der Waals surface area contributed by atoms with Gasteiger partial charge in [-0.05, 0) is 28.1 Å². The van der Waals surface area contributed by atoms with Gasteiger partial charge in [-0.2, -0.15) is 0 Å². The lowest BCUT2D eigenvalue weighted by atomic mass is 10.4. The molecular weight excluding hydrogens is 312 g/mol. The van der Waals surface area contributed by atoms with Gasteiger partial charge in [0.15, 0.2) is 5.69 Å². The molecule has 0 aliphatic heterocycles. The minimum atomic E-state index is -1.00. The maximum Gasteiger partial charge on any atom is 0.357 e. The first kappa shape index (κ1) is 11.6. The van der Waals surface area contributed by atoms with Crippen LogP contribution in [0.4, 0.5) is 5.00 Å². The summed E-state index contributed by atoms with van der Waals surface area (Å²) < 4.78 is 1.06. The van der Waals surface area contributed by atoms with Gasteiger partial charge in [-0.15, -0.1) is 22.7 Å². The number of carbonyl (C=O) groups is 1. The Balaban J connectivity index is 2.04. The lowest BCUT2D eigenvalue weighted by Crippen LogP contribution is -2.03. The molecule has 0 aliphatic rings. The molecule has 0 fully saturated rings. The smallest absolute Gasteiger partial charge is 0.357 e. The van der Waals surface area contributed by atoms with E-state index in [1.807, 2.05) is 12.1 Å². The largest absolute Gasteiger partial charge is 0.476 e. The highest BCUT2D eigenvalue weighted by molar-refractivity contribution is 9.11. The van der Waals surface area contributed by atoms with Gasteiger partial charge in [0.1, 0.15) is 5.00 Å². The summed E-state index contributed by atoms with van der Waals surface area (Å²) in [6, 6.07) is 3.95. The summed E-state index contributed by atoms with van der Waals surface area (Å²) in [7, 11) is 0. The number of nitrogens with zero attached hydrogens (tertiary/aromatic N) is 1. The number of aromatic carboxylic acids is 1. The predicted molar refractivity (Wildman–Crippen MR) is 68.4 cm³/mol. The van der Waals surface area contributed by atoms with Crippen molar-refractivity contribution in [1.82, 2.24) is 4.98 Å². The number of carboxylic acids is 1. The van der Waals surface area contributed by atoms with Crippen LogP contribution in [0.1, 0.15) is 15.4 Å². The highest BCUT2D eigenvalue weighted by atomic mass is 79.9. The van der Waals surface area contributed by atoms with Crippen LogP contribution in [0.25, 0.3) is 0 Å². The van der Waals surface area contributed by atoms with Crippen molar-refractivity contribution in [2.24, 2.45) is 0 Å². The number of rotatable bonds is 4. The van der Waals surface area contributed by atoms with E-state index >= 15 is 0 Å². The normalized spacial score (nSPS) is 10.3. The Morgan fingerprint density at radius 2 is 2.38 bits per heavy atom. The van der Waals surface area contributed by atoms with E-state index in [1.54, 1.807) is 11.3 Å². The molecule has 0 bridgehead atoms. The summed E-state index contributed by atoms with van der Waals surface area (Å²) in [4.78, 5) is 15.7. The summed E-state index contributed by atoms with van der Waals surface area (Å²) in [6.07, 6.45) is 0. The zero-order chi connectivity index (χ0) is 11.5. The number of thiophene rings is 1. The molecule has 0 spiro atoms. The van der Waals surface area contributed by atoms with E-state index in [-0.39, 0.29) is 5.69 Å². The first-order valence-electron chi connectivity index (χ1n) is 4.31. The summed E-state index contributed by atoms with van der Waals surface area (Å²) in [5.41, 5.74) is 1.61. The van der Waals surface area contributed by atoms with Crippen LogP contribution in [-0.2, 0) is 6.54 Å². The Hall–Kier alpha value is -0.920. The van der Waals surface area contributed by atoms with Crippen LogP contribution in [0.15, 0.2) is 21.4 Å². The van der Waals surface area contributed by atoms with Gasteiger partial charge in [0.2, 0.25) is 0 Å². The van der Waals surface area contributed by atoms with Crippen molar-refractivity contribution in [2.45, 2.75) is 6.54 Å². The molecule has 2 aromatic heterocycles. The quantitative estimate of drug-likeness (QED) is 0.908. The number of carboxylic acid groups (broad SMARTS) is 1. The molecule has 0 aromatic carbocycles. The van der Waals surface area contributed by atoms with Crippen LogP contribution in [0.3, 0.4) is 0 Å². The lowest BCUT2D eigenvalue weighted by molar-refractivity contribution is 0.0692. The van der Waals surface area contributed by atoms with Crippen LogP contribution < -0.4 is 5.32 Å². The fraction of sp³-hybridized carbons (Fsp3) is 0.111. The van der Waals surface area contributed by atoms with Crippen molar-refractivity contribution in [2.75, 3.05) is 5.32 Å². The fourth-order valence-corrected chi connectivity index (χ4v) is 3.23. The molecule has 0 unspecified atom stereocenters. The number of halogens is 1. The Morgan fingerprint density at radius 1 is 1.56 bits per heavy atom. The first-order valence-corrected chi connectivity index (χ1v) is 6.80. The average Bonchev–Trinajstić information content (AvgIpc) is 2.83. The minimum absolute atomic E-state index is 0.0839. The molecule has 0 radical (unpaired) electrons. The van der Waals surface area contributed by atoms with Gasteiger partial charge in [-0.25, -0.2) is 9.78 Å². The molecule has 16 heavy (non-hydrogen) atoms. The van der Waals surface area contributed by atoms with Gasteiger partial charge < -0.3 is 10.4 Å². The van der Waals surface area contributed by atoms with Gasteiger partial charge in [0.25, 0.3) is 0 Å². The van der Waals surface area contributed by atoms with Gasteiger partial charge in [-0.3, -0.25) is 0 Å². The summed E-state index contributed by atoms with van der Waals surface area (Å²) in [5.74, 6) is -1.00. The van der Waals surface area contributed by atoms with Gasteiger partial charge >= 0.3 is 5.97 Å². The van der Waals surface area contributed by atoms with E-state index in [9.17, 15) is 4.79 Å². The van der Waals surface area contributed by atoms with Gasteiger partial charge in [0, 0.05) is 4.88 Å². The van der Waals surface area contributed by atoms with E-state index in [4.69, 9.17) is 5.11 Å². The van der Waals surface area contributed by atoms with Crippen LogP contribution >= 0.6 is 38.6 Å². The standard InChI is InChI=1S/C9H7BrN2O2S2/c10-6-2-1-5(16-6)3-11-8-7(9(13)14)12-4-15-8/h1-2,4,11H,3H2,(H,13,14). The highest BCUT2D eigenvalue weighted by Crippen LogP contribution is 2.25. The van der Waals surface area contributed by atoms with Crippen LogP contribution in [0.2, 0.25) is 0 Å². The van der Waals surface area contributed by atoms with Crippen molar-refractivity contribution in [3.8, 4) is 0 Å². The van der Waals surface area contributed by atoms with Crippen LogP contribution in [0.5, 0.6) is 0 Å². The SMILES string of the molecule is O=C(O)c1ncsc1NCc1ccc(Br)s1. The fourth-order valence-electron chi connectivity index (χ4n) is 1.14. The molecule has 0 amide bonds. The maximum absolute atomic E-state index is 10.8. The summed E-state index contributed by atoms with van der Waals surface area (Å²) in [6.45, 7) is 0.610. The second-order valence-corrected chi connectivity index (χ2v) is 6.30. The highest BCUT2D eigenvalue weighted by Gasteiger charge is 2.13. The van der Waals surface area contributed by atoms with Crippen molar-refractivity contribution in [3.63, 3.8) is 0 Å². The van der Waals surface area contributed by atoms with Crippen molar-refractivity contribution < 1.29 is 9.90 Å². The van der Waals surface area contributed by atoms with Crippen molar-refractivity contribution >= 4 is 49.6 Å². The molecular formula is C9H7BrN2O2S2. The van der Waals surface area contributed by atoms with Crippen molar-refractivity contribution in [1.29, 1.82) is 0 Å². The number of anilines is 1. The van der Waals surface area contributed by atoms with Gasteiger partial charge in [-0.1, -0.05) is 0 Å². The number of hydrogen-bond donors (Lipinski definition) is 2. The summed E-state index contributed by atoms with van der Waals surface area (Å²) >= 11 is 6.28. The van der Waals surface area contributed by atoms with E-state index < -0.39 is 5.97 Å². The third-order valence-corrected chi connectivity index (χ3v) is 4.23. The lowest BCUT2D eigenvalue weighted by Gasteiger charge is -2.01. The minimum Gasteiger partial charge on any atom is -0.476 e. The maximum atomic E-state index is 10.8. The monoisotopic (exact) mass is 318 g/mol. The van der Waals surface area contributed by atoms with Crippen molar-refractivity contribution in [3.05, 3.63) is 32.0 Å². The second kappa shape index (κ2) is 4.94. The molecule has 0 aliphatic carbocycles. The molecule has 0 saturated heterocycles. The molecule has 2 heterocycles. The Kier molecular flexibility index (Phi) is 3.57. The van der Waals surface area contributed by atoms with Crippen LogP contribution in [-0.4, -0.2) is 16.1 Å². The number of hydrogen-bond acceptors (Lipinski definition) is 5. The van der Waals surface area contributed by atoms with E-state index in [2.05, 4.69) is 26.2 Å². The topological polar surface area (TPSA) is 62.2 Å². The number of thiazole rings is 1. The number of nitrogens with one attached hydrogen (secondary N) is 1. The van der Waals surface area contributed by atoms with E-state index in [0.717, 1.165) is 8.66 Å². The molecule has 7 heteroatoms. The zero-order valence-corrected chi connectivity index (χ0v) is 11.2. The summed E-state index contributed by atoms with van der Waals surface area (Å²) in [5, 5.41) is 12.5. The average molecular weight is 319 g/mol. The molecule has 2 rings (SSSR count). The first-order chi connectivity index (χ1) is 7.66. The molecule has 0 saturated carbocycles. The molecule has 0 atom stereocenters. The Labute approximate surface area is 108 Å². The molecule has 2 aromatic rings. The molecule has 4 nitrogen and oxygen atoms in total. The zero-order valence-electron chi connectivity index (χ0n) is 7.94. The van der Waals surface area contributed by atoms with Gasteiger partial charge in [0.05, 0.1) is 15.8 Å².